The molecule has 20 heavy (non-hydrogen) atoms. The summed E-state index contributed by atoms with van der Waals surface area (Å²) in [4.78, 5) is 0. The van der Waals surface area contributed by atoms with Gasteiger partial charge in [-0.2, -0.15) is 0 Å². The van der Waals surface area contributed by atoms with E-state index in [0.29, 0.717) is 6.61 Å². The van der Waals surface area contributed by atoms with Crippen LogP contribution in [-0.2, 0) is 6.54 Å². The van der Waals surface area contributed by atoms with Gasteiger partial charge in [-0.1, -0.05) is 25.6 Å². The van der Waals surface area contributed by atoms with Gasteiger partial charge in [0.15, 0.2) is 11.5 Å². The van der Waals surface area contributed by atoms with Crippen LogP contribution in [0.2, 0.25) is 0 Å². The lowest BCUT2D eigenvalue weighted by Gasteiger charge is -2.11. The number of rotatable bonds is 11. The van der Waals surface area contributed by atoms with Gasteiger partial charge in [-0.05, 0) is 43.8 Å². The minimum absolute atomic E-state index is 0.485. The predicted octanol–water partition coefficient (Wildman–Crippen LogP) is 2.35. The van der Waals surface area contributed by atoms with Gasteiger partial charge in [-0.3, -0.25) is 0 Å². The Labute approximate surface area is 122 Å². The third-order valence-corrected chi connectivity index (χ3v) is 2.87. The molecule has 112 valence electrons. The van der Waals surface area contributed by atoms with Crippen molar-refractivity contribution in [3.8, 4) is 11.5 Å². The normalized spacial score (nSPS) is 10.3. The zero-order valence-corrected chi connectivity index (χ0v) is 12.6. The first-order valence-electron chi connectivity index (χ1n) is 7.13. The van der Waals surface area contributed by atoms with Crippen LogP contribution in [0.3, 0.4) is 0 Å². The van der Waals surface area contributed by atoms with E-state index in [9.17, 15) is 0 Å². The van der Waals surface area contributed by atoms with Gasteiger partial charge < -0.3 is 20.1 Å². The fraction of sp³-hybridized carbons (Fsp3) is 0.500. The molecule has 1 aromatic carbocycles. The number of hydrogen-bond donors (Lipinski definition) is 2. The highest BCUT2D eigenvalue weighted by Crippen LogP contribution is 2.27. The fourth-order valence-corrected chi connectivity index (χ4v) is 1.84. The Morgan fingerprint density at radius 1 is 1.20 bits per heavy atom. The van der Waals surface area contributed by atoms with Gasteiger partial charge in [-0.15, -0.1) is 0 Å². The summed E-state index contributed by atoms with van der Waals surface area (Å²) in [6.45, 7) is 10.2. The number of benzene rings is 1. The summed E-state index contributed by atoms with van der Waals surface area (Å²) < 4.78 is 10.9. The molecule has 0 atom stereocenters. The molecule has 0 fully saturated rings. The summed E-state index contributed by atoms with van der Waals surface area (Å²) in [6.07, 6.45) is 2.85. The quantitative estimate of drug-likeness (QED) is 0.482. The maximum atomic E-state index is 5.53. The van der Waals surface area contributed by atoms with Crippen molar-refractivity contribution in [1.29, 1.82) is 0 Å². The molecule has 0 aliphatic rings. The Bertz CT molecular complexity index is 394. The van der Waals surface area contributed by atoms with Crippen LogP contribution in [0.25, 0.3) is 0 Å². The molecular weight excluding hydrogens is 252 g/mol. The molecule has 0 bridgehead atoms. The van der Waals surface area contributed by atoms with Crippen molar-refractivity contribution < 1.29 is 9.47 Å². The maximum absolute atomic E-state index is 5.53. The Morgan fingerprint density at radius 3 is 2.70 bits per heavy atom. The van der Waals surface area contributed by atoms with Crippen molar-refractivity contribution >= 4 is 0 Å². The van der Waals surface area contributed by atoms with Gasteiger partial charge in [0.1, 0.15) is 6.61 Å². The van der Waals surface area contributed by atoms with Crippen LogP contribution in [0.4, 0.5) is 0 Å². The first kappa shape index (κ1) is 16.5. The van der Waals surface area contributed by atoms with Crippen LogP contribution < -0.4 is 20.1 Å². The monoisotopic (exact) mass is 278 g/mol. The molecule has 4 nitrogen and oxygen atoms in total. The maximum Gasteiger partial charge on any atom is 0.161 e. The second-order valence-electron chi connectivity index (χ2n) is 4.47. The first-order valence-corrected chi connectivity index (χ1v) is 7.13. The fourth-order valence-electron chi connectivity index (χ4n) is 1.84. The average molecular weight is 278 g/mol. The van der Waals surface area contributed by atoms with Gasteiger partial charge in [0.25, 0.3) is 0 Å². The zero-order valence-electron chi connectivity index (χ0n) is 12.6. The van der Waals surface area contributed by atoms with Crippen LogP contribution in [0, 0.1) is 0 Å². The Hall–Kier alpha value is -1.52. The van der Waals surface area contributed by atoms with E-state index in [-0.39, 0.29) is 0 Å². The van der Waals surface area contributed by atoms with Crippen molar-refractivity contribution in [2.45, 2.75) is 19.9 Å². The van der Waals surface area contributed by atoms with Crippen molar-refractivity contribution in [1.82, 2.24) is 10.6 Å². The summed E-state index contributed by atoms with van der Waals surface area (Å²) >= 11 is 0. The summed E-state index contributed by atoms with van der Waals surface area (Å²) in [7, 11) is 1.66. The smallest absolute Gasteiger partial charge is 0.161 e. The molecule has 0 heterocycles. The van der Waals surface area contributed by atoms with E-state index in [1.54, 1.807) is 13.2 Å². The van der Waals surface area contributed by atoms with Crippen molar-refractivity contribution in [3.05, 3.63) is 36.4 Å². The highest BCUT2D eigenvalue weighted by Gasteiger charge is 2.05. The van der Waals surface area contributed by atoms with Gasteiger partial charge in [0.2, 0.25) is 0 Å². The molecule has 0 saturated heterocycles. The molecule has 1 aromatic rings. The Morgan fingerprint density at radius 2 is 2.00 bits per heavy atom. The molecule has 0 radical (unpaired) electrons. The van der Waals surface area contributed by atoms with Gasteiger partial charge in [0, 0.05) is 6.54 Å². The van der Waals surface area contributed by atoms with E-state index < -0.39 is 0 Å². The standard InChI is InChI=1S/C16H26N2O2/c1-4-11-20-15-8-7-14(12-16(15)19-3)13-18-10-6-9-17-5-2/h4,7-8,12,17-18H,1,5-6,9-11,13H2,2-3H3. The lowest BCUT2D eigenvalue weighted by Crippen LogP contribution is -2.21. The molecule has 0 amide bonds. The largest absolute Gasteiger partial charge is 0.493 e. The van der Waals surface area contributed by atoms with E-state index in [2.05, 4.69) is 30.2 Å². The van der Waals surface area contributed by atoms with Crippen LogP contribution in [-0.4, -0.2) is 33.4 Å². The number of nitrogens with one attached hydrogen (secondary N) is 2. The summed E-state index contributed by atoms with van der Waals surface area (Å²) in [5, 5.41) is 6.73. The topological polar surface area (TPSA) is 42.5 Å². The molecule has 0 spiro atoms. The lowest BCUT2D eigenvalue weighted by atomic mass is 10.2. The molecule has 4 heteroatoms. The molecule has 1 rings (SSSR count). The molecular formula is C16H26N2O2. The van der Waals surface area contributed by atoms with Crippen LogP contribution in [0.1, 0.15) is 18.9 Å². The molecule has 0 saturated carbocycles. The highest BCUT2D eigenvalue weighted by atomic mass is 16.5. The molecule has 2 N–H and O–H groups in total. The van der Waals surface area contributed by atoms with Gasteiger partial charge in [-0.25, -0.2) is 0 Å². The second kappa shape index (κ2) is 10.3. The summed E-state index contributed by atoms with van der Waals surface area (Å²) in [6, 6.07) is 6.01. The molecule has 0 aliphatic carbocycles. The lowest BCUT2D eigenvalue weighted by molar-refractivity contribution is 0.326. The van der Waals surface area contributed by atoms with Crippen LogP contribution in [0.15, 0.2) is 30.9 Å². The van der Waals surface area contributed by atoms with Gasteiger partial charge in [0.05, 0.1) is 7.11 Å². The Balaban J connectivity index is 2.40. The van der Waals surface area contributed by atoms with Crippen LogP contribution >= 0.6 is 0 Å². The minimum atomic E-state index is 0.485. The van der Waals surface area contributed by atoms with Crippen molar-refractivity contribution in [2.75, 3.05) is 33.4 Å². The zero-order chi connectivity index (χ0) is 14.6. The van der Waals surface area contributed by atoms with E-state index in [1.165, 1.54) is 5.56 Å². The van der Waals surface area contributed by atoms with E-state index in [1.807, 2.05) is 12.1 Å². The summed E-state index contributed by atoms with van der Waals surface area (Å²) in [5.74, 6) is 1.52. The van der Waals surface area contributed by atoms with E-state index >= 15 is 0 Å². The summed E-state index contributed by atoms with van der Waals surface area (Å²) in [5.41, 5.74) is 1.19. The number of ether oxygens (including phenoxy) is 2. The first-order chi connectivity index (χ1) is 9.81. The molecule has 0 aromatic heterocycles. The molecule has 0 aliphatic heterocycles. The third kappa shape index (κ3) is 6.08. The van der Waals surface area contributed by atoms with Crippen molar-refractivity contribution in [2.24, 2.45) is 0 Å². The second-order valence-corrected chi connectivity index (χ2v) is 4.47. The highest BCUT2D eigenvalue weighted by molar-refractivity contribution is 5.43. The van der Waals surface area contributed by atoms with Crippen molar-refractivity contribution in [3.63, 3.8) is 0 Å². The number of methoxy groups -OCH3 is 1. The van der Waals surface area contributed by atoms with E-state index in [4.69, 9.17) is 9.47 Å². The SMILES string of the molecule is C=CCOc1ccc(CNCCCNCC)cc1OC. The predicted molar refractivity (Wildman–Crippen MR) is 83.6 cm³/mol. The number of hydrogen-bond acceptors (Lipinski definition) is 4. The Kier molecular flexibility index (Phi) is 8.51. The average Bonchev–Trinajstić information content (AvgIpc) is 2.49. The molecule has 0 unspecified atom stereocenters. The van der Waals surface area contributed by atoms with Crippen LogP contribution in [0.5, 0.6) is 11.5 Å². The van der Waals surface area contributed by atoms with Gasteiger partial charge >= 0.3 is 0 Å². The third-order valence-electron chi connectivity index (χ3n) is 2.87. The van der Waals surface area contributed by atoms with E-state index in [0.717, 1.165) is 44.1 Å². The minimum Gasteiger partial charge on any atom is -0.493 e.